The molecule has 0 fully saturated rings. The molecule has 0 radical (unpaired) electrons. The van der Waals surface area contributed by atoms with Crippen molar-refractivity contribution in [2.45, 2.75) is 71.8 Å². The van der Waals surface area contributed by atoms with Crippen LogP contribution in [0.4, 0.5) is 5.13 Å². The molecule has 0 aliphatic heterocycles. The molecule has 0 aliphatic carbocycles. The van der Waals surface area contributed by atoms with Crippen molar-refractivity contribution in [3.8, 4) is 0 Å². The Balaban J connectivity index is 1.69. The van der Waals surface area contributed by atoms with Crippen molar-refractivity contribution in [1.82, 2.24) is 14.8 Å². The molecule has 1 N–H and O–H groups in total. The number of nitrogens with one attached hydrogen (secondary N) is 1. The predicted octanol–water partition coefficient (Wildman–Crippen LogP) is 4.00. The normalized spacial score (nSPS) is 11.0. The average Bonchev–Trinajstić information content (AvgIpc) is 3.16. The van der Waals surface area contributed by atoms with E-state index in [1.807, 2.05) is 6.92 Å². The second-order valence-electron chi connectivity index (χ2n) is 6.11. The van der Waals surface area contributed by atoms with Gasteiger partial charge in [0.25, 0.3) is 0 Å². The number of aryl methyl sites for hydroxylation is 2. The lowest BCUT2D eigenvalue weighted by Gasteiger charge is -2.03. The highest BCUT2D eigenvalue weighted by Crippen LogP contribution is 2.18. The van der Waals surface area contributed by atoms with Crippen LogP contribution in [-0.4, -0.2) is 20.7 Å². The van der Waals surface area contributed by atoms with Gasteiger partial charge in [-0.1, -0.05) is 61.7 Å². The first-order valence-electron chi connectivity index (χ1n) is 8.87. The average molecular weight is 383 g/mol. The van der Waals surface area contributed by atoms with Gasteiger partial charge in [-0.2, -0.15) is 0 Å². The summed E-state index contributed by atoms with van der Waals surface area (Å²) in [4.78, 5) is 23.6. The molecule has 2 rings (SSSR count). The molecule has 1 amide bonds. The molecule has 0 atom stereocenters. The maximum Gasteiger partial charge on any atom is 0.307 e. The van der Waals surface area contributed by atoms with Crippen LogP contribution in [0.2, 0.25) is 0 Å². The van der Waals surface area contributed by atoms with Crippen LogP contribution >= 0.6 is 22.7 Å². The molecule has 0 aliphatic rings. The van der Waals surface area contributed by atoms with Crippen LogP contribution < -0.4 is 10.2 Å². The standard InChI is InChI=1S/C17H26N4O2S2/c1-3-4-5-6-7-8-9-15-19-20-16(25-15)18-14(22)10-11-21-13(2)12-24-17(21)23/h12H,3-11H2,1-2H3,(H,18,20,22). The van der Waals surface area contributed by atoms with Gasteiger partial charge in [0.2, 0.25) is 11.0 Å². The number of hydrogen-bond acceptors (Lipinski definition) is 6. The molecule has 0 aromatic carbocycles. The third-order valence-electron chi connectivity index (χ3n) is 4.00. The Morgan fingerprint density at radius 3 is 2.68 bits per heavy atom. The molecule has 8 heteroatoms. The fraction of sp³-hybridized carbons (Fsp3) is 0.647. The van der Waals surface area contributed by atoms with Crippen LogP contribution in [0.25, 0.3) is 0 Å². The number of hydrogen-bond donors (Lipinski definition) is 1. The van der Waals surface area contributed by atoms with E-state index in [2.05, 4.69) is 22.4 Å². The molecular formula is C17H26N4O2S2. The molecule has 2 aromatic rings. The summed E-state index contributed by atoms with van der Waals surface area (Å²) in [5.41, 5.74) is 0.889. The van der Waals surface area contributed by atoms with Crippen molar-refractivity contribution >= 4 is 33.7 Å². The summed E-state index contributed by atoms with van der Waals surface area (Å²) in [5, 5.41) is 14.3. The van der Waals surface area contributed by atoms with E-state index in [1.165, 1.54) is 43.4 Å². The fourth-order valence-electron chi connectivity index (χ4n) is 2.53. The number of unbranched alkanes of at least 4 members (excludes halogenated alkanes) is 5. The molecule has 0 unspecified atom stereocenters. The number of anilines is 1. The van der Waals surface area contributed by atoms with Gasteiger partial charge in [0.15, 0.2) is 0 Å². The van der Waals surface area contributed by atoms with E-state index in [1.54, 1.807) is 9.95 Å². The Hall–Kier alpha value is -1.54. The molecule has 2 heterocycles. The molecule has 138 valence electrons. The summed E-state index contributed by atoms with van der Waals surface area (Å²) in [5.74, 6) is -0.139. The Morgan fingerprint density at radius 2 is 1.96 bits per heavy atom. The van der Waals surface area contributed by atoms with Gasteiger partial charge in [0, 0.05) is 30.5 Å². The molecule has 2 aromatic heterocycles. The smallest absolute Gasteiger partial charge is 0.303 e. The number of nitrogens with zero attached hydrogens (tertiary/aromatic N) is 3. The fourth-order valence-corrected chi connectivity index (χ4v) is 4.09. The van der Waals surface area contributed by atoms with E-state index in [-0.39, 0.29) is 17.2 Å². The quantitative estimate of drug-likeness (QED) is 0.596. The lowest BCUT2D eigenvalue weighted by Crippen LogP contribution is -2.20. The van der Waals surface area contributed by atoms with Crippen LogP contribution in [0.3, 0.4) is 0 Å². The highest BCUT2D eigenvalue weighted by Gasteiger charge is 2.10. The minimum atomic E-state index is -0.139. The Bertz CT molecular complexity index is 720. The van der Waals surface area contributed by atoms with Gasteiger partial charge in [0.1, 0.15) is 5.01 Å². The summed E-state index contributed by atoms with van der Waals surface area (Å²) in [7, 11) is 0. The van der Waals surface area contributed by atoms with Gasteiger partial charge in [0.05, 0.1) is 0 Å². The van der Waals surface area contributed by atoms with Crippen molar-refractivity contribution in [2.75, 3.05) is 5.32 Å². The van der Waals surface area contributed by atoms with Gasteiger partial charge in [-0.25, -0.2) is 0 Å². The zero-order chi connectivity index (χ0) is 18.1. The summed E-state index contributed by atoms with van der Waals surface area (Å²) >= 11 is 2.60. The topological polar surface area (TPSA) is 76.9 Å². The molecule has 0 bridgehead atoms. The van der Waals surface area contributed by atoms with E-state index in [4.69, 9.17) is 0 Å². The highest BCUT2D eigenvalue weighted by atomic mass is 32.1. The van der Waals surface area contributed by atoms with Crippen molar-refractivity contribution in [2.24, 2.45) is 0 Å². The lowest BCUT2D eigenvalue weighted by molar-refractivity contribution is -0.116. The van der Waals surface area contributed by atoms with E-state index in [0.717, 1.165) is 34.9 Å². The van der Waals surface area contributed by atoms with E-state index >= 15 is 0 Å². The number of amides is 1. The minimum absolute atomic E-state index is 0.0255. The maximum atomic E-state index is 12.0. The second-order valence-corrected chi connectivity index (χ2v) is 7.99. The summed E-state index contributed by atoms with van der Waals surface area (Å²) < 4.78 is 1.62. The molecular weight excluding hydrogens is 356 g/mol. The molecule has 0 saturated heterocycles. The van der Waals surface area contributed by atoms with Gasteiger partial charge in [-0.3, -0.25) is 9.59 Å². The number of rotatable bonds is 11. The van der Waals surface area contributed by atoms with Crippen LogP contribution in [0.15, 0.2) is 10.2 Å². The number of aromatic nitrogens is 3. The Labute approximate surface area is 156 Å². The van der Waals surface area contributed by atoms with Gasteiger partial charge >= 0.3 is 4.87 Å². The maximum absolute atomic E-state index is 12.0. The first-order chi connectivity index (χ1) is 12.1. The van der Waals surface area contributed by atoms with Gasteiger partial charge in [-0.05, 0) is 13.3 Å². The predicted molar refractivity (Wildman–Crippen MR) is 104 cm³/mol. The summed E-state index contributed by atoms with van der Waals surface area (Å²) in [6.07, 6.45) is 8.67. The van der Waals surface area contributed by atoms with Crippen LogP contribution in [0.1, 0.15) is 62.6 Å². The van der Waals surface area contributed by atoms with Crippen molar-refractivity contribution in [3.05, 3.63) is 25.7 Å². The second kappa shape index (κ2) is 10.5. The molecule has 0 spiro atoms. The van der Waals surface area contributed by atoms with E-state index in [9.17, 15) is 9.59 Å². The number of carbonyl (C=O) groups excluding carboxylic acids is 1. The lowest BCUT2D eigenvalue weighted by atomic mass is 10.1. The van der Waals surface area contributed by atoms with E-state index < -0.39 is 0 Å². The molecule has 6 nitrogen and oxygen atoms in total. The van der Waals surface area contributed by atoms with Gasteiger partial charge in [-0.15, -0.1) is 10.2 Å². The van der Waals surface area contributed by atoms with Crippen molar-refractivity contribution in [1.29, 1.82) is 0 Å². The highest BCUT2D eigenvalue weighted by molar-refractivity contribution is 7.15. The summed E-state index contributed by atoms with van der Waals surface area (Å²) in [6, 6.07) is 0. The number of carbonyl (C=O) groups is 1. The van der Waals surface area contributed by atoms with Crippen LogP contribution in [-0.2, 0) is 17.8 Å². The van der Waals surface area contributed by atoms with Crippen LogP contribution in [0, 0.1) is 6.92 Å². The minimum Gasteiger partial charge on any atom is -0.303 e. The molecule has 25 heavy (non-hydrogen) atoms. The Morgan fingerprint density at radius 1 is 1.20 bits per heavy atom. The van der Waals surface area contributed by atoms with Crippen molar-refractivity contribution < 1.29 is 4.79 Å². The monoisotopic (exact) mass is 382 g/mol. The zero-order valence-electron chi connectivity index (χ0n) is 14.9. The molecule has 0 saturated carbocycles. The summed E-state index contributed by atoms with van der Waals surface area (Å²) in [6.45, 7) is 4.48. The largest absolute Gasteiger partial charge is 0.307 e. The van der Waals surface area contributed by atoms with E-state index in [0.29, 0.717) is 11.7 Å². The first-order valence-corrected chi connectivity index (χ1v) is 10.6. The zero-order valence-corrected chi connectivity index (χ0v) is 16.5. The third kappa shape index (κ3) is 6.70. The Kier molecular flexibility index (Phi) is 8.27. The van der Waals surface area contributed by atoms with Crippen LogP contribution in [0.5, 0.6) is 0 Å². The third-order valence-corrected chi connectivity index (χ3v) is 5.78. The SMILES string of the molecule is CCCCCCCCc1nnc(NC(=O)CCn2c(C)csc2=O)s1. The van der Waals surface area contributed by atoms with Crippen molar-refractivity contribution in [3.63, 3.8) is 0 Å². The number of thiazole rings is 1. The van der Waals surface area contributed by atoms with Gasteiger partial charge < -0.3 is 9.88 Å². The first kappa shape index (κ1) is 19.8.